The molecule has 21 heavy (non-hydrogen) atoms. The standard InChI is InChI=1S/C13H9BrClN3O3/c1-7-4-12(16-6-10(7)14)17-13(19)9-5-8(18(20)21)2-3-11(9)15/h2-6H,1H3,(H,16,17,19). The van der Waals surface area contributed by atoms with E-state index < -0.39 is 10.8 Å². The van der Waals surface area contributed by atoms with Crippen LogP contribution in [0.25, 0.3) is 0 Å². The number of anilines is 1. The van der Waals surface area contributed by atoms with Crippen LogP contribution in [0.2, 0.25) is 5.02 Å². The topological polar surface area (TPSA) is 85.1 Å². The maximum absolute atomic E-state index is 12.1. The van der Waals surface area contributed by atoms with Crippen LogP contribution in [-0.2, 0) is 0 Å². The van der Waals surface area contributed by atoms with Gasteiger partial charge in [0.05, 0.1) is 15.5 Å². The van der Waals surface area contributed by atoms with E-state index in [1.54, 1.807) is 12.3 Å². The molecule has 1 aromatic heterocycles. The van der Waals surface area contributed by atoms with Crippen molar-refractivity contribution < 1.29 is 9.72 Å². The molecule has 1 amide bonds. The molecule has 0 spiro atoms. The molecule has 2 rings (SSSR count). The molecule has 0 aliphatic carbocycles. The predicted octanol–water partition coefficient (Wildman–Crippen LogP) is 3.97. The molecule has 0 fully saturated rings. The second-order valence-corrected chi connectivity index (χ2v) is 5.46. The number of non-ortho nitro benzene ring substituents is 1. The number of pyridine rings is 1. The van der Waals surface area contributed by atoms with Gasteiger partial charge in [-0.15, -0.1) is 0 Å². The van der Waals surface area contributed by atoms with Gasteiger partial charge in [0.1, 0.15) is 5.82 Å². The molecule has 1 N–H and O–H groups in total. The van der Waals surface area contributed by atoms with Crippen molar-refractivity contribution in [1.82, 2.24) is 4.98 Å². The van der Waals surface area contributed by atoms with Crippen molar-refractivity contribution in [3.8, 4) is 0 Å². The monoisotopic (exact) mass is 369 g/mol. The van der Waals surface area contributed by atoms with Gasteiger partial charge in [-0.25, -0.2) is 4.98 Å². The Bertz CT molecular complexity index is 737. The molecule has 0 bridgehead atoms. The van der Waals surface area contributed by atoms with Crippen LogP contribution in [0.3, 0.4) is 0 Å². The van der Waals surface area contributed by atoms with E-state index in [4.69, 9.17) is 11.6 Å². The van der Waals surface area contributed by atoms with Gasteiger partial charge in [0.15, 0.2) is 0 Å². The fourth-order valence-corrected chi connectivity index (χ4v) is 2.01. The van der Waals surface area contributed by atoms with E-state index in [0.29, 0.717) is 5.82 Å². The largest absolute Gasteiger partial charge is 0.307 e. The van der Waals surface area contributed by atoms with Crippen LogP contribution in [0.4, 0.5) is 11.5 Å². The third kappa shape index (κ3) is 3.56. The van der Waals surface area contributed by atoms with Crippen molar-refractivity contribution >= 4 is 44.9 Å². The molecule has 0 aliphatic rings. The summed E-state index contributed by atoms with van der Waals surface area (Å²) >= 11 is 9.21. The van der Waals surface area contributed by atoms with E-state index in [1.165, 1.54) is 12.1 Å². The first-order valence-corrected chi connectivity index (χ1v) is 6.93. The van der Waals surface area contributed by atoms with E-state index in [1.807, 2.05) is 6.92 Å². The summed E-state index contributed by atoms with van der Waals surface area (Å²) in [6, 6.07) is 5.35. The third-order valence-corrected chi connectivity index (χ3v) is 3.85. The molecule has 6 nitrogen and oxygen atoms in total. The molecule has 0 unspecified atom stereocenters. The molecule has 0 aliphatic heterocycles. The molecule has 0 radical (unpaired) electrons. The zero-order valence-corrected chi connectivity index (χ0v) is 13.1. The number of aryl methyl sites for hydroxylation is 1. The van der Waals surface area contributed by atoms with Gasteiger partial charge in [0.2, 0.25) is 0 Å². The average Bonchev–Trinajstić information content (AvgIpc) is 2.43. The minimum Gasteiger partial charge on any atom is -0.307 e. The summed E-state index contributed by atoms with van der Waals surface area (Å²) in [5.74, 6) is -0.221. The molecule has 8 heteroatoms. The number of nitrogens with zero attached hydrogens (tertiary/aromatic N) is 2. The van der Waals surface area contributed by atoms with Crippen molar-refractivity contribution in [2.75, 3.05) is 5.32 Å². The third-order valence-electron chi connectivity index (χ3n) is 2.69. The second kappa shape index (κ2) is 6.19. The average molecular weight is 371 g/mol. The van der Waals surface area contributed by atoms with Crippen molar-refractivity contribution in [2.45, 2.75) is 6.92 Å². The van der Waals surface area contributed by atoms with Crippen LogP contribution in [0, 0.1) is 17.0 Å². The lowest BCUT2D eigenvalue weighted by Crippen LogP contribution is -2.14. The minimum absolute atomic E-state index is 0.0215. The van der Waals surface area contributed by atoms with Crippen molar-refractivity contribution in [2.24, 2.45) is 0 Å². The lowest BCUT2D eigenvalue weighted by molar-refractivity contribution is -0.384. The Kier molecular flexibility index (Phi) is 4.54. The summed E-state index contributed by atoms with van der Waals surface area (Å²) in [4.78, 5) is 26.3. The fraction of sp³-hybridized carbons (Fsp3) is 0.0769. The SMILES string of the molecule is Cc1cc(NC(=O)c2cc([N+](=O)[O-])ccc2Cl)ncc1Br. The Morgan fingerprint density at radius 3 is 2.76 bits per heavy atom. The van der Waals surface area contributed by atoms with Crippen molar-refractivity contribution in [3.05, 3.63) is 61.2 Å². The molecule has 2 aromatic rings. The summed E-state index contributed by atoms with van der Waals surface area (Å²) in [5, 5.41) is 13.4. The van der Waals surface area contributed by atoms with Crippen LogP contribution >= 0.6 is 27.5 Å². The smallest absolute Gasteiger partial charge is 0.270 e. The summed E-state index contributed by atoms with van der Waals surface area (Å²) in [6.45, 7) is 1.85. The number of carbonyl (C=O) groups is 1. The highest BCUT2D eigenvalue weighted by molar-refractivity contribution is 9.10. The summed E-state index contributed by atoms with van der Waals surface area (Å²) in [6.07, 6.45) is 1.56. The highest BCUT2D eigenvalue weighted by atomic mass is 79.9. The molecule has 0 saturated carbocycles. The number of halogens is 2. The number of nitrogens with one attached hydrogen (secondary N) is 1. The maximum Gasteiger partial charge on any atom is 0.270 e. The number of nitro benzene ring substituents is 1. The molecular weight excluding hydrogens is 362 g/mol. The summed E-state index contributed by atoms with van der Waals surface area (Å²) in [5.41, 5.74) is 0.711. The number of nitro groups is 1. The van der Waals surface area contributed by atoms with E-state index in [0.717, 1.165) is 16.1 Å². The van der Waals surface area contributed by atoms with Gasteiger partial charge in [0, 0.05) is 22.8 Å². The minimum atomic E-state index is -0.588. The first kappa shape index (κ1) is 15.4. The number of amides is 1. The number of carbonyl (C=O) groups excluding carboxylic acids is 1. The van der Waals surface area contributed by atoms with Crippen LogP contribution in [0.1, 0.15) is 15.9 Å². The number of hydrogen-bond acceptors (Lipinski definition) is 4. The van der Waals surface area contributed by atoms with Gasteiger partial charge in [-0.3, -0.25) is 14.9 Å². The predicted molar refractivity (Wildman–Crippen MR) is 82.7 cm³/mol. The lowest BCUT2D eigenvalue weighted by atomic mass is 10.2. The Morgan fingerprint density at radius 1 is 1.43 bits per heavy atom. The Balaban J connectivity index is 2.29. The highest BCUT2D eigenvalue weighted by Gasteiger charge is 2.16. The number of hydrogen-bond donors (Lipinski definition) is 1. The van der Waals surface area contributed by atoms with Gasteiger partial charge in [-0.1, -0.05) is 11.6 Å². The van der Waals surface area contributed by atoms with Crippen molar-refractivity contribution in [3.63, 3.8) is 0 Å². The van der Waals surface area contributed by atoms with Gasteiger partial charge < -0.3 is 5.32 Å². The Morgan fingerprint density at radius 2 is 2.14 bits per heavy atom. The van der Waals surface area contributed by atoms with Gasteiger partial charge in [-0.05, 0) is 40.5 Å². The number of rotatable bonds is 3. The molecule has 1 aromatic carbocycles. The van der Waals surface area contributed by atoms with Gasteiger partial charge in [0.25, 0.3) is 11.6 Å². The lowest BCUT2D eigenvalue weighted by Gasteiger charge is -2.07. The highest BCUT2D eigenvalue weighted by Crippen LogP contribution is 2.23. The zero-order chi connectivity index (χ0) is 15.6. The Labute approximate surface area is 133 Å². The first-order chi connectivity index (χ1) is 9.88. The zero-order valence-electron chi connectivity index (χ0n) is 10.8. The molecule has 108 valence electrons. The maximum atomic E-state index is 12.1. The van der Waals surface area contributed by atoms with E-state index in [-0.39, 0.29) is 16.3 Å². The van der Waals surface area contributed by atoms with E-state index in [9.17, 15) is 14.9 Å². The normalized spacial score (nSPS) is 10.2. The van der Waals surface area contributed by atoms with Crippen LogP contribution in [0.15, 0.2) is 34.9 Å². The van der Waals surface area contributed by atoms with E-state index >= 15 is 0 Å². The van der Waals surface area contributed by atoms with Crippen LogP contribution in [-0.4, -0.2) is 15.8 Å². The fourth-order valence-electron chi connectivity index (χ4n) is 1.59. The van der Waals surface area contributed by atoms with Crippen LogP contribution in [0.5, 0.6) is 0 Å². The number of benzene rings is 1. The van der Waals surface area contributed by atoms with E-state index in [2.05, 4.69) is 26.2 Å². The first-order valence-electron chi connectivity index (χ1n) is 5.76. The van der Waals surface area contributed by atoms with Gasteiger partial charge >= 0.3 is 0 Å². The van der Waals surface area contributed by atoms with Crippen molar-refractivity contribution in [1.29, 1.82) is 0 Å². The number of aromatic nitrogens is 1. The molecular formula is C13H9BrClN3O3. The summed E-state index contributed by atoms with van der Waals surface area (Å²) in [7, 11) is 0. The molecule has 1 heterocycles. The quantitative estimate of drug-likeness (QED) is 0.654. The second-order valence-electron chi connectivity index (χ2n) is 4.19. The molecule has 0 atom stereocenters. The van der Waals surface area contributed by atoms with Gasteiger partial charge in [-0.2, -0.15) is 0 Å². The van der Waals surface area contributed by atoms with Crippen LogP contribution < -0.4 is 5.32 Å². The summed E-state index contributed by atoms with van der Waals surface area (Å²) < 4.78 is 0.814. The Hall–Kier alpha value is -1.99. The molecule has 0 saturated heterocycles.